The van der Waals surface area contributed by atoms with Crippen molar-refractivity contribution in [3.05, 3.63) is 59.9 Å². The van der Waals surface area contributed by atoms with E-state index in [1.54, 1.807) is 18.2 Å². The van der Waals surface area contributed by atoms with E-state index in [1.807, 2.05) is 24.4 Å². The molecule has 0 bridgehead atoms. The zero-order valence-corrected chi connectivity index (χ0v) is 19.4. The Morgan fingerprint density at radius 3 is 2.79 bits per heavy atom. The van der Waals surface area contributed by atoms with Gasteiger partial charge in [-0.3, -0.25) is 4.98 Å². The fourth-order valence-electron chi connectivity index (χ4n) is 5.04. The van der Waals surface area contributed by atoms with E-state index in [9.17, 15) is 13.5 Å². The second-order valence-corrected chi connectivity index (χ2v) is 11.1. The van der Waals surface area contributed by atoms with Crippen LogP contribution in [0, 0.1) is 5.41 Å². The molecule has 33 heavy (non-hydrogen) atoms. The molecule has 0 saturated heterocycles. The van der Waals surface area contributed by atoms with E-state index in [1.165, 1.54) is 5.56 Å². The predicted octanol–water partition coefficient (Wildman–Crippen LogP) is 3.95. The van der Waals surface area contributed by atoms with Crippen LogP contribution in [0.2, 0.25) is 0 Å². The predicted molar refractivity (Wildman–Crippen MR) is 128 cm³/mol. The Labute approximate surface area is 194 Å². The van der Waals surface area contributed by atoms with Gasteiger partial charge in [-0.05, 0) is 85.9 Å². The first-order valence-corrected chi connectivity index (χ1v) is 13.2. The SMILES string of the molecule is O=S(=O)(NCC1(CCO)CCC1)c1ccc2nc(N[C@@H]3CCCc4cccnc43)ccc2c1. The minimum atomic E-state index is -3.63. The maximum atomic E-state index is 12.9. The Hall–Kier alpha value is -2.55. The molecule has 3 aromatic rings. The lowest BCUT2D eigenvalue weighted by Gasteiger charge is -2.41. The zero-order chi connectivity index (χ0) is 22.9. The zero-order valence-electron chi connectivity index (χ0n) is 18.6. The van der Waals surface area contributed by atoms with Gasteiger partial charge in [0.2, 0.25) is 10.0 Å². The normalized spacial score (nSPS) is 19.6. The van der Waals surface area contributed by atoms with E-state index in [4.69, 9.17) is 4.98 Å². The number of pyridine rings is 2. The molecule has 0 unspecified atom stereocenters. The van der Waals surface area contributed by atoms with Crippen LogP contribution in [0.25, 0.3) is 10.9 Å². The van der Waals surface area contributed by atoms with Gasteiger partial charge in [-0.25, -0.2) is 18.1 Å². The maximum Gasteiger partial charge on any atom is 0.240 e. The van der Waals surface area contributed by atoms with Crippen molar-refractivity contribution in [2.75, 3.05) is 18.5 Å². The highest BCUT2D eigenvalue weighted by Crippen LogP contribution is 2.43. The van der Waals surface area contributed by atoms with Crippen molar-refractivity contribution in [1.82, 2.24) is 14.7 Å². The third-order valence-electron chi connectivity index (χ3n) is 7.18. The van der Waals surface area contributed by atoms with Gasteiger partial charge in [-0.1, -0.05) is 12.5 Å². The summed E-state index contributed by atoms with van der Waals surface area (Å²) in [5, 5.41) is 13.6. The van der Waals surface area contributed by atoms with E-state index < -0.39 is 10.0 Å². The topological polar surface area (TPSA) is 104 Å². The first-order chi connectivity index (χ1) is 16.0. The van der Waals surface area contributed by atoms with Gasteiger partial charge in [-0.15, -0.1) is 0 Å². The molecule has 1 saturated carbocycles. The van der Waals surface area contributed by atoms with Crippen molar-refractivity contribution < 1.29 is 13.5 Å². The number of hydrogen-bond acceptors (Lipinski definition) is 6. The second-order valence-electron chi connectivity index (χ2n) is 9.34. The highest BCUT2D eigenvalue weighted by Gasteiger charge is 2.37. The average Bonchev–Trinajstić information content (AvgIpc) is 2.80. The van der Waals surface area contributed by atoms with Crippen molar-refractivity contribution in [2.45, 2.75) is 55.9 Å². The van der Waals surface area contributed by atoms with E-state index >= 15 is 0 Å². The monoisotopic (exact) mass is 466 g/mol. The smallest absolute Gasteiger partial charge is 0.240 e. The quantitative estimate of drug-likeness (QED) is 0.464. The summed E-state index contributed by atoms with van der Waals surface area (Å²) in [6.07, 6.45) is 8.62. The molecule has 2 aliphatic rings. The summed E-state index contributed by atoms with van der Waals surface area (Å²) in [6, 6.07) is 13.1. The lowest BCUT2D eigenvalue weighted by Crippen LogP contribution is -2.42. The summed E-state index contributed by atoms with van der Waals surface area (Å²) in [6.45, 7) is 0.453. The van der Waals surface area contributed by atoms with Crippen molar-refractivity contribution in [3.8, 4) is 0 Å². The summed E-state index contributed by atoms with van der Waals surface area (Å²) in [7, 11) is -3.63. The van der Waals surface area contributed by atoms with Crippen LogP contribution in [-0.2, 0) is 16.4 Å². The Balaban J connectivity index is 1.32. The van der Waals surface area contributed by atoms with Crippen LogP contribution >= 0.6 is 0 Å². The van der Waals surface area contributed by atoms with Crippen LogP contribution in [0.1, 0.15) is 55.8 Å². The summed E-state index contributed by atoms with van der Waals surface area (Å²) >= 11 is 0. The van der Waals surface area contributed by atoms with Crippen LogP contribution in [0.15, 0.2) is 53.6 Å². The number of nitrogens with one attached hydrogen (secondary N) is 2. The van der Waals surface area contributed by atoms with Crippen molar-refractivity contribution in [2.24, 2.45) is 5.41 Å². The molecule has 7 nitrogen and oxygen atoms in total. The Morgan fingerprint density at radius 2 is 2.00 bits per heavy atom. The summed E-state index contributed by atoms with van der Waals surface area (Å²) in [5.41, 5.74) is 3.01. The molecule has 8 heteroatoms. The molecular formula is C25H30N4O3S. The molecule has 174 valence electrons. The van der Waals surface area contributed by atoms with Crippen LogP contribution in [-0.4, -0.2) is 36.6 Å². The molecule has 2 heterocycles. The van der Waals surface area contributed by atoms with Crippen LogP contribution in [0.5, 0.6) is 0 Å². The lowest BCUT2D eigenvalue weighted by molar-refractivity contribution is 0.0925. The van der Waals surface area contributed by atoms with Crippen LogP contribution < -0.4 is 10.0 Å². The molecule has 1 fully saturated rings. The van der Waals surface area contributed by atoms with Gasteiger partial charge >= 0.3 is 0 Å². The van der Waals surface area contributed by atoms with E-state index in [2.05, 4.69) is 21.1 Å². The van der Waals surface area contributed by atoms with Gasteiger partial charge in [-0.2, -0.15) is 0 Å². The third-order valence-corrected chi connectivity index (χ3v) is 8.58. The third kappa shape index (κ3) is 4.60. The minimum Gasteiger partial charge on any atom is -0.396 e. The van der Waals surface area contributed by atoms with Crippen LogP contribution in [0.3, 0.4) is 0 Å². The molecule has 3 N–H and O–H groups in total. The highest BCUT2D eigenvalue weighted by atomic mass is 32.2. The number of benzene rings is 1. The van der Waals surface area contributed by atoms with E-state index in [0.29, 0.717) is 13.0 Å². The molecular weight excluding hydrogens is 436 g/mol. The number of aliphatic hydroxyl groups excluding tert-OH is 1. The summed E-state index contributed by atoms with van der Waals surface area (Å²) < 4.78 is 28.6. The second kappa shape index (κ2) is 9.00. The molecule has 1 atom stereocenters. The van der Waals surface area contributed by atoms with Gasteiger partial charge in [0, 0.05) is 24.7 Å². The number of sulfonamides is 1. The van der Waals surface area contributed by atoms with Gasteiger partial charge in [0.05, 0.1) is 22.1 Å². The number of aliphatic hydroxyl groups is 1. The molecule has 2 aromatic heterocycles. The largest absolute Gasteiger partial charge is 0.396 e. The van der Waals surface area contributed by atoms with Gasteiger partial charge in [0.15, 0.2) is 0 Å². The number of aromatic nitrogens is 2. The number of rotatable bonds is 8. The molecule has 0 radical (unpaired) electrons. The Morgan fingerprint density at radius 1 is 1.12 bits per heavy atom. The maximum absolute atomic E-state index is 12.9. The van der Waals surface area contributed by atoms with E-state index in [-0.39, 0.29) is 23.0 Å². The Kier molecular flexibility index (Phi) is 6.07. The number of aryl methyl sites for hydroxylation is 1. The minimum absolute atomic E-state index is 0.0856. The van der Waals surface area contributed by atoms with Gasteiger partial charge in [0.1, 0.15) is 5.82 Å². The fourth-order valence-corrected chi connectivity index (χ4v) is 6.23. The first-order valence-electron chi connectivity index (χ1n) is 11.7. The summed E-state index contributed by atoms with van der Waals surface area (Å²) in [5.74, 6) is 0.760. The fraction of sp³-hybridized carbons (Fsp3) is 0.440. The Bertz CT molecular complexity index is 1260. The summed E-state index contributed by atoms with van der Waals surface area (Å²) in [4.78, 5) is 9.53. The molecule has 0 spiro atoms. The standard InChI is InChI=1S/C25H30N4O3S/c30-15-13-25(11-3-12-25)17-27-33(31,32)20-8-9-21-19(16-20)7-10-23(28-21)29-22-6-1-4-18-5-2-14-26-24(18)22/h2,5,7-10,14,16,22,27,30H,1,3-4,6,11-13,15,17H2,(H,28,29)/t22-/m1/s1. The highest BCUT2D eigenvalue weighted by molar-refractivity contribution is 7.89. The number of anilines is 1. The molecule has 0 aliphatic heterocycles. The number of nitrogens with zero attached hydrogens (tertiary/aromatic N) is 2. The van der Waals surface area contributed by atoms with Crippen molar-refractivity contribution >= 4 is 26.7 Å². The molecule has 5 rings (SSSR count). The van der Waals surface area contributed by atoms with Gasteiger partial charge < -0.3 is 10.4 Å². The lowest BCUT2D eigenvalue weighted by atomic mass is 9.67. The van der Waals surface area contributed by atoms with Crippen molar-refractivity contribution in [1.29, 1.82) is 0 Å². The number of hydrogen-bond donors (Lipinski definition) is 3. The number of fused-ring (bicyclic) bond motifs is 2. The molecule has 0 amide bonds. The van der Waals surface area contributed by atoms with E-state index in [0.717, 1.165) is 60.9 Å². The molecule has 1 aromatic carbocycles. The first kappa shape index (κ1) is 22.3. The van der Waals surface area contributed by atoms with Crippen molar-refractivity contribution in [3.63, 3.8) is 0 Å². The average molecular weight is 467 g/mol. The van der Waals surface area contributed by atoms with Crippen LogP contribution in [0.4, 0.5) is 5.82 Å². The molecule has 2 aliphatic carbocycles. The van der Waals surface area contributed by atoms with Gasteiger partial charge in [0.25, 0.3) is 0 Å².